The molecule has 9 aromatic rings. The van der Waals surface area contributed by atoms with Crippen LogP contribution in [0, 0.1) is 0 Å². The summed E-state index contributed by atoms with van der Waals surface area (Å²) in [7, 11) is 0. The molecule has 1 aliphatic carbocycles. The van der Waals surface area contributed by atoms with Crippen LogP contribution in [-0.4, -0.2) is 0 Å². The molecule has 0 amide bonds. The highest BCUT2D eigenvalue weighted by Gasteiger charge is 2.35. The lowest BCUT2D eigenvalue weighted by Gasteiger charge is -2.29. The van der Waals surface area contributed by atoms with Gasteiger partial charge in [-0.25, -0.2) is 0 Å². The molecule has 246 valence electrons. The van der Waals surface area contributed by atoms with Crippen LogP contribution in [0.1, 0.15) is 25.0 Å². The van der Waals surface area contributed by atoms with Crippen molar-refractivity contribution < 1.29 is 0 Å². The van der Waals surface area contributed by atoms with Gasteiger partial charge in [-0.05, 0) is 108 Å². The molecular formula is C51H37N. The highest BCUT2D eigenvalue weighted by atomic mass is 15.1. The minimum absolute atomic E-state index is 0.103. The summed E-state index contributed by atoms with van der Waals surface area (Å²) in [5.74, 6) is 0. The van der Waals surface area contributed by atoms with Crippen LogP contribution < -0.4 is 4.90 Å². The zero-order chi connectivity index (χ0) is 34.8. The second kappa shape index (κ2) is 11.8. The zero-order valence-electron chi connectivity index (χ0n) is 29.3. The van der Waals surface area contributed by atoms with Gasteiger partial charge in [0.2, 0.25) is 0 Å². The molecule has 0 unspecified atom stereocenters. The topological polar surface area (TPSA) is 3.24 Å². The molecule has 9 aromatic carbocycles. The van der Waals surface area contributed by atoms with Crippen molar-refractivity contribution >= 4 is 49.4 Å². The molecule has 10 rings (SSSR count). The Bertz CT molecular complexity index is 2810. The summed E-state index contributed by atoms with van der Waals surface area (Å²) in [5.41, 5.74) is 13.7. The second-order valence-electron chi connectivity index (χ2n) is 14.5. The van der Waals surface area contributed by atoms with Gasteiger partial charge in [-0.1, -0.05) is 166 Å². The summed E-state index contributed by atoms with van der Waals surface area (Å²) in [6, 6.07) is 69.2. The van der Waals surface area contributed by atoms with Gasteiger partial charge >= 0.3 is 0 Å². The average molecular weight is 664 g/mol. The second-order valence-corrected chi connectivity index (χ2v) is 14.5. The van der Waals surface area contributed by atoms with E-state index in [0.29, 0.717) is 0 Å². The SMILES string of the molecule is CC1(C)c2ccccc2-c2ccc(N(c3ccc(-c4cc5ccccc5c5ccccc45)cc3)c3ccc(-c4ccccc4)c4ccccc34)cc21. The third-order valence-corrected chi connectivity index (χ3v) is 11.3. The van der Waals surface area contributed by atoms with Crippen LogP contribution in [0.25, 0.3) is 65.7 Å². The van der Waals surface area contributed by atoms with Crippen LogP contribution in [-0.2, 0) is 5.41 Å². The maximum atomic E-state index is 2.46. The normalized spacial score (nSPS) is 13.0. The lowest BCUT2D eigenvalue weighted by atomic mass is 9.82. The number of hydrogen-bond acceptors (Lipinski definition) is 1. The molecule has 0 bridgehead atoms. The van der Waals surface area contributed by atoms with Gasteiger partial charge in [0.05, 0.1) is 5.69 Å². The molecule has 0 atom stereocenters. The smallest absolute Gasteiger partial charge is 0.0540 e. The fraction of sp³-hybridized carbons (Fsp3) is 0.0588. The molecule has 1 aliphatic rings. The van der Waals surface area contributed by atoms with Crippen molar-refractivity contribution in [2.75, 3.05) is 4.90 Å². The molecule has 0 aliphatic heterocycles. The van der Waals surface area contributed by atoms with Crippen LogP contribution in [0.4, 0.5) is 17.1 Å². The van der Waals surface area contributed by atoms with E-state index in [0.717, 1.165) is 17.1 Å². The molecule has 0 saturated heterocycles. The molecule has 1 heteroatoms. The number of benzene rings is 9. The minimum Gasteiger partial charge on any atom is -0.310 e. The zero-order valence-corrected chi connectivity index (χ0v) is 29.3. The van der Waals surface area contributed by atoms with E-state index in [1.54, 1.807) is 0 Å². The Labute approximate surface area is 305 Å². The number of hydrogen-bond donors (Lipinski definition) is 0. The molecule has 0 spiro atoms. The summed E-state index contributed by atoms with van der Waals surface area (Å²) in [6.45, 7) is 4.72. The highest BCUT2D eigenvalue weighted by molar-refractivity contribution is 6.14. The van der Waals surface area contributed by atoms with E-state index in [2.05, 4.69) is 207 Å². The maximum Gasteiger partial charge on any atom is 0.0540 e. The van der Waals surface area contributed by atoms with E-state index >= 15 is 0 Å². The summed E-state index contributed by atoms with van der Waals surface area (Å²) in [4.78, 5) is 2.46. The van der Waals surface area contributed by atoms with Crippen molar-refractivity contribution in [3.8, 4) is 33.4 Å². The average Bonchev–Trinajstić information content (AvgIpc) is 3.44. The molecule has 0 fully saturated rings. The summed E-state index contributed by atoms with van der Waals surface area (Å²) < 4.78 is 0. The molecule has 1 nitrogen and oxygen atoms in total. The van der Waals surface area contributed by atoms with Crippen molar-refractivity contribution in [3.63, 3.8) is 0 Å². The quantitative estimate of drug-likeness (QED) is 0.166. The Morgan fingerprint density at radius 3 is 1.69 bits per heavy atom. The number of fused-ring (bicyclic) bond motifs is 7. The third kappa shape index (κ3) is 4.70. The van der Waals surface area contributed by atoms with Crippen LogP contribution in [0.15, 0.2) is 188 Å². The molecular weight excluding hydrogens is 627 g/mol. The lowest BCUT2D eigenvalue weighted by Crippen LogP contribution is -2.16. The van der Waals surface area contributed by atoms with Gasteiger partial charge in [0.15, 0.2) is 0 Å². The van der Waals surface area contributed by atoms with Crippen LogP contribution >= 0.6 is 0 Å². The number of rotatable bonds is 5. The molecule has 0 radical (unpaired) electrons. The van der Waals surface area contributed by atoms with Crippen molar-refractivity contribution in [2.45, 2.75) is 19.3 Å². The first kappa shape index (κ1) is 30.4. The van der Waals surface area contributed by atoms with Crippen LogP contribution in [0.3, 0.4) is 0 Å². The van der Waals surface area contributed by atoms with E-state index in [4.69, 9.17) is 0 Å². The van der Waals surface area contributed by atoms with Gasteiger partial charge in [0, 0.05) is 22.2 Å². The number of anilines is 3. The molecule has 0 saturated carbocycles. The largest absolute Gasteiger partial charge is 0.310 e. The van der Waals surface area contributed by atoms with E-state index in [1.807, 2.05) is 0 Å². The van der Waals surface area contributed by atoms with Gasteiger partial charge in [-0.15, -0.1) is 0 Å². The standard InChI is InChI=1S/C51H37N/c1-51(2)48-23-13-12-21-44(48)45-29-28-38(33-49(45)51)52(50-31-30-40(34-14-4-3-5-15-34)42-19-10-11-22-46(42)50)37-26-24-35(25-27-37)47-32-36-16-6-7-17-39(36)41-18-8-9-20-43(41)47/h3-33H,1-2H3. The van der Waals surface area contributed by atoms with Crippen LogP contribution in [0.2, 0.25) is 0 Å². The first-order valence-corrected chi connectivity index (χ1v) is 18.2. The highest BCUT2D eigenvalue weighted by Crippen LogP contribution is 2.51. The van der Waals surface area contributed by atoms with Crippen molar-refractivity contribution in [3.05, 3.63) is 199 Å². The fourth-order valence-electron chi connectivity index (χ4n) is 8.69. The Hall–Kier alpha value is -6.44. The fourth-order valence-corrected chi connectivity index (χ4v) is 8.69. The lowest BCUT2D eigenvalue weighted by molar-refractivity contribution is 0.660. The number of nitrogens with zero attached hydrogens (tertiary/aromatic N) is 1. The van der Waals surface area contributed by atoms with E-state index in [9.17, 15) is 0 Å². The van der Waals surface area contributed by atoms with E-state index < -0.39 is 0 Å². The molecule has 0 aromatic heterocycles. The third-order valence-electron chi connectivity index (χ3n) is 11.3. The first-order valence-electron chi connectivity index (χ1n) is 18.2. The molecule has 52 heavy (non-hydrogen) atoms. The Morgan fingerprint density at radius 2 is 0.904 bits per heavy atom. The summed E-state index contributed by atoms with van der Waals surface area (Å²) in [6.07, 6.45) is 0. The van der Waals surface area contributed by atoms with Crippen molar-refractivity contribution in [2.24, 2.45) is 0 Å². The minimum atomic E-state index is -0.103. The predicted molar refractivity (Wildman–Crippen MR) is 222 cm³/mol. The van der Waals surface area contributed by atoms with E-state index in [-0.39, 0.29) is 5.41 Å². The van der Waals surface area contributed by atoms with Gasteiger partial charge in [0.25, 0.3) is 0 Å². The predicted octanol–water partition coefficient (Wildman–Crippen LogP) is 14.3. The van der Waals surface area contributed by atoms with Gasteiger partial charge in [-0.3, -0.25) is 0 Å². The van der Waals surface area contributed by atoms with E-state index in [1.165, 1.54) is 76.8 Å². The summed E-state index contributed by atoms with van der Waals surface area (Å²) in [5, 5.41) is 7.56. The van der Waals surface area contributed by atoms with Crippen molar-refractivity contribution in [1.29, 1.82) is 0 Å². The van der Waals surface area contributed by atoms with Gasteiger partial charge < -0.3 is 4.90 Å². The Kier molecular flexibility index (Phi) is 6.91. The van der Waals surface area contributed by atoms with Crippen LogP contribution in [0.5, 0.6) is 0 Å². The first-order chi connectivity index (χ1) is 25.6. The molecule has 0 N–H and O–H groups in total. The molecule has 0 heterocycles. The Balaban J connectivity index is 1.17. The summed E-state index contributed by atoms with van der Waals surface area (Å²) >= 11 is 0. The Morgan fingerprint density at radius 1 is 0.346 bits per heavy atom. The monoisotopic (exact) mass is 663 g/mol. The van der Waals surface area contributed by atoms with Gasteiger partial charge in [-0.2, -0.15) is 0 Å². The van der Waals surface area contributed by atoms with Crippen molar-refractivity contribution in [1.82, 2.24) is 0 Å². The van der Waals surface area contributed by atoms with Gasteiger partial charge in [0.1, 0.15) is 0 Å². The maximum absolute atomic E-state index is 2.46.